The molecule has 2 rings (SSSR count). The summed E-state index contributed by atoms with van der Waals surface area (Å²) in [6.07, 6.45) is 15.1. The van der Waals surface area contributed by atoms with Crippen molar-refractivity contribution in [3.8, 4) is 0 Å². The highest BCUT2D eigenvalue weighted by Gasteiger charge is 2.45. The summed E-state index contributed by atoms with van der Waals surface area (Å²) in [5, 5.41) is 24.4. The Balaban J connectivity index is 1.69. The zero-order chi connectivity index (χ0) is 37.8. The maximum Gasteiger partial charge on any atom is 0.220 e. The third-order valence-electron chi connectivity index (χ3n) is 9.87. The molecule has 1 fully saturated rings. The van der Waals surface area contributed by atoms with Gasteiger partial charge in [-0.1, -0.05) is 103 Å². The molecule has 0 radical (unpaired) electrons. The predicted octanol–water partition coefficient (Wildman–Crippen LogP) is 6.71. The Kier molecular flexibility index (Phi) is 27.1. The van der Waals surface area contributed by atoms with Crippen LogP contribution in [-0.4, -0.2) is 111 Å². The van der Waals surface area contributed by atoms with Crippen molar-refractivity contribution in [2.75, 3.05) is 63.2 Å². The number of benzene rings is 1. The maximum atomic E-state index is 13.0. The second-order valence-corrected chi connectivity index (χ2v) is 14.9. The van der Waals surface area contributed by atoms with E-state index in [1.807, 2.05) is 24.3 Å². The Morgan fingerprint density at radius 1 is 0.865 bits per heavy atom. The Morgan fingerprint density at radius 2 is 1.44 bits per heavy atom. The molecular weight excluding hydrogens is 705 g/mol. The fraction of sp³-hybridized carbons (Fsp3) is 0.825. The van der Waals surface area contributed by atoms with E-state index in [0.29, 0.717) is 37.8 Å². The average molecular weight is 777 g/mol. The number of hydrogen-bond donors (Lipinski definition) is 4. The number of carbonyl (C=O) groups excluding carboxylic acids is 1. The Morgan fingerprint density at radius 3 is 1.98 bits per heavy atom. The molecule has 0 saturated carbocycles. The number of hydrogen-bond acceptors (Lipinski definition) is 9. The van der Waals surface area contributed by atoms with Crippen LogP contribution in [0.2, 0.25) is 0 Å². The van der Waals surface area contributed by atoms with E-state index in [2.05, 4.69) is 17.1 Å². The van der Waals surface area contributed by atoms with E-state index in [0.717, 1.165) is 37.2 Å². The summed E-state index contributed by atoms with van der Waals surface area (Å²) in [7, 11) is 1.59. The molecule has 0 aromatic heterocycles. The topological polar surface area (TPSA) is 136 Å². The maximum absolute atomic E-state index is 13.0. The molecule has 12 heteroatoms. The molecule has 0 aliphatic carbocycles. The Hall–Kier alpha value is -1.21. The number of carbonyl (C=O) groups is 1. The van der Waals surface area contributed by atoms with Gasteiger partial charge in [-0.05, 0) is 37.0 Å². The standard InChI is InChI=1S/C40H71Cl2N3O7/c1-3-4-5-6-7-8-9-10-11-12-13-14-15-16-28-50-30-34(49-2)31-51-40-37(39(48)38(47)35(29-43)52-40)44-36(46)19-17-18-32-20-22-33(23-21-32)45(26-24-41)27-25-42/h20-23,34-35,37-40,47-48H,3-19,24-31,43H2,1-2H3,(H,44,46)/t34-,35-,37-,38-,39-,40+/m1/s1. The van der Waals surface area contributed by atoms with Crippen molar-refractivity contribution in [1.82, 2.24) is 5.32 Å². The van der Waals surface area contributed by atoms with Gasteiger partial charge in [0.15, 0.2) is 6.29 Å². The number of aryl methyl sites for hydroxylation is 1. The Labute approximate surface area is 324 Å². The number of nitrogens with two attached hydrogens (primary N) is 1. The molecule has 0 unspecified atom stereocenters. The van der Waals surface area contributed by atoms with Gasteiger partial charge in [0.05, 0.1) is 13.2 Å². The average Bonchev–Trinajstić information content (AvgIpc) is 3.15. The molecule has 6 atom stereocenters. The van der Waals surface area contributed by atoms with Crippen LogP contribution in [-0.2, 0) is 30.2 Å². The van der Waals surface area contributed by atoms with Crippen molar-refractivity contribution in [3.05, 3.63) is 29.8 Å². The monoisotopic (exact) mass is 775 g/mol. The summed E-state index contributed by atoms with van der Waals surface area (Å²) in [5.41, 5.74) is 7.96. The number of halogens is 2. The van der Waals surface area contributed by atoms with Crippen molar-refractivity contribution >= 4 is 34.8 Å². The van der Waals surface area contributed by atoms with Gasteiger partial charge in [-0.25, -0.2) is 0 Å². The lowest BCUT2D eigenvalue weighted by Crippen LogP contribution is -2.65. The summed E-state index contributed by atoms with van der Waals surface area (Å²) in [6.45, 7) is 4.82. The van der Waals surface area contributed by atoms with Crippen LogP contribution < -0.4 is 16.0 Å². The highest BCUT2D eigenvalue weighted by Crippen LogP contribution is 2.23. The van der Waals surface area contributed by atoms with Crippen LogP contribution in [0.5, 0.6) is 0 Å². The summed E-state index contributed by atoms with van der Waals surface area (Å²) >= 11 is 11.9. The van der Waals surface area contributed by atoms with Gasteiger partial charge in [0, 0.05) is 57.2 Å². The van der Waals surface area contributed by atoms with E-state index in [-0.39, 0.29) is 31.6 Å². The number of aliphatic hydroxyl groups is 2. The van der Waals surface area contributed by atoms with Crippen LogP contribution in [0.1, 0.15) is 115 Å². The minimum absolute atomic E-state index is 0.0108. The summed E-state index contributed by atoms with van der Waals surface area (Å²) in [4.78, 5) is 15.1. The molecule has 0 bridgehead atoms. The molecule has 1 aliphatic rings. The fourth-order valence-corrected chi connectivity index (χ4v) is 6.99. The van der Waals surface area contributed by atoms with Gasteiger partial charge < -0.3 is 45.1 Å². The number of aliphatic hydroxyl groups excluding tert-OH is 2. The minimum atomic E-state index is -1.31. The molecule has 5 N–H and O–H groups in total. The second-order valence-electron chi connectivity index (χ2n) is 14.1. The number of anilines is 1. The summed E-state index contributed by atoms with van der Waals surface area (Å²) in [5.74, 6) is 0.766. The molecule has 1 aliphatic heterocycles. The van der Waals surface area contributed by atoms with Gasteiger partial charge in [0.2, 0.25) is 5.91 Å². The van der Waals surface area contributed by atoms with Gasteiger partial charge >= 0.3 is 0 Å². The van der Waals surface area contributed by atoms with Crippen molar-refractivity contribution in [3.63, 3.8) is 0 Å². The first kappa shape index (κ1) is 46.9. The number of nitrogens with zero attached hydrogens (tertiary/aromatic N) is 1. The van der Waals surface area contributed by atoms with Gasteiger partial charge in [0.1, 0.15) is 30.5 Å². The first-order valence-electron chi connectivity index (χ1n) is 20.1. The van der Waals surface area contributed by atoms with Crippen LogP contribution in [0.25, 0.3) is 0 Å². The predicted molar refractivity (Wildman–Crippen MR) is 213 cm³/mol. The van der Waals surface area contributed by atoms with Crippen molar-refractivity contribution in [1.29, 1.82) is 0 Å². The molecule has 1 heterocycles. The van der Waals surface area contributed by atoms with Gasteiger partial charge in [-0.3, -0.25) is 4.79 Å². The van der Waals surface area contributed by atoms with Gasteiger partial charge in [-0.15, -0.1) is 23.2 Å². The van der Waals surface area contributed by atoms with Gasteiger partial charge in [0.25, 0.3) is 0 Å². The SMILES string of the molecule is CCCCCCCCCCCCCCCCOC[C@H](CO[C@H]1O[C@H](CN)[C@@H](O)[C@H](O)[C@H]1NC(=O)CCCc1ccc(N(CCCl)CCCl)cc1)OC. The lowest BCUT2D eigenvalue weighted by molar-refractivity contribution is -0.268. The van der Waals surface area contributed by atoms with Gasteiger partial charge in [-0.2, -0.15) is 0 Å². The molecular formula is C40H71Cl2N3O7. The summed E-state index contributed by atoms with van der Waals surface area (Å²) < 4.78 is 23.4. The molecule has 1 aromatic carbocycles. The lowest BCUT2D eigenvalue weighted by atomic mass is 9.96. The largest absolute Gasteiger partial charge is 0.388 e. The van der Waals surface area contributed by atoms with E-state index >= 15 is 0 Å². The van der Waals surface area contributed by atoms with Crippen LogP contribution in [0.15, 0.2) is 24.3 Å². The molecule has 10 nitrogen and oxygen atoms in total. The first-order chi connectivity index (χ1) is 25.4. The normalized spacial score (nSPS) is 20.9. The third kappa shape index (κ3) is 19.4. The number of nitrogens with one attached hydrogen (secondary N) is 1. The van der Waals surface area contributed by atoms with Crippen molar-refractivity contribution in [2.45, 2.75) is 153 Å². The second kappa shape index (κ2) is 30.1. The molecule has 302 valence electrons. The van der Waals surface area contributed by atoms with E-state index in [9.17, 15) is 15.0 Å². The van der Waals surface area contributed by atoms with Crippen molar-refractivity contribution in [2.24, 2.45) is 5.73 Å². The van der Waals surface area contributed by atoms with Crippen LogP contribution in [0.4, 0.5) is 5.69 Å². The zero-order valence-electron chi connectivity index (χ0n) is 32.2. The summed E-state index contributed by atoms with van der Waals surface area (Å²) in [6, 6.07) is 7.20. The first-order valence-corrected chi connectivity index (χ1v) is 21.1. The van der Waals surface area contributed by atoms with E-state index in [1.165, 1.54) is 77.0 Å². The number of methoxy groups -OCH3 is 1. The number of rotatable bonds is 32. The van der Waals surface area contributed by atoms with Crippen LogP contribution >= 0.6 is 23.2 Å². The molecule has 1 saturated heterocycles. The van der Waals surface area contributed by atoms with E-state index in [1.54, 1.807) is 7.11 Å². The fourth-order valence-electron chi connectivity index (χ4n) is 6.58. The third-order valence-corrected chi connectivity index (χ3v) is 10.2. The highest BCUT2D eigenvalue weighted by molar-refractivity contribution is 6.18. The highest BCUT2D eigenvalue weighted by atomic mass is 35.5. The van der Waals surface area contributed by atoms with Crippen LogP contribution in [0.3, 0.4) is 0 Å². The van der Waals surface area contributed by atoms with E-state index < -0.39 is 30.6 Å². The van der Waals surface area contributed by atoms with Crippen molar-refractivity contribution < 1.29 is 34.0 Å². The smallest absolute Gasteiger partial charge is 0.220 e. The number of unbranched alkanes of at least 4 members (excludes halogenated alkanes) is 13. The minimum Gasteiger partial charge on any atom is -0.388 e. The molecule has 1 amide bonds. The Bertz CT molecular complexity index is 1010. The lowest BCUT2D eigenvalue weighted by Gasteiger charge is -2.42. The van der Waals surface area contributed by atoms with Crippen LogP contribution in [0, 0.1) is 0 Å². The van der Waals surface area contributed by atoms with E-state index in [4.69, 9.17) is 47.9 Å². The molecule has 1 aromatic rings. The quantitative estimate of drug-likeness (QED) is 0.0465. The number of ether oxygens (including phenoxy) is 4. The molecule has 52 heavy (non-hydrogen) atoms. The number of alkyl halides is 2. The molecule has 0 spiro atoms. The zero-order valence-corrected chi connectivity index (χ0v) is 33.7. The number of amides is 1.